The fourth-order valence-electron chi connectivity index (χ4n) is 2.16. The first-order valence-corrected chi connectivity index (χ1v) is 5.44. The summed E-state index contributed by atoms with van der Waals surface area (Å²) >= 11 is 0. The number of rotatable bonds is 2. The van der Waals surface area contributed by atoms with E-state index in [9.17, 15) is 0 Å². The first-order chi connectivity index (χ1) is 7.42. The Balaban J connectivity index is 1.84. The molecule has 2 aromatic rings. The fraction of sp³-hybridized carbons (Fsp3) is 0.455. The lowest BCUT2D eigenvalue weighted by Gasteiger charge is -2.06. The smallest absolute Gasteiger partial charge is 0.233 e. The highest BCUT2D eigenvalue weighted by molar-refractivity contribution is 5.29. The quantitative estimate of drug-likeness (QED) is 0.790. The molecule has 3 rings (SSSR count). The van der Waals surface area contributed by atoms with Crippen molar-refractivity contribution in [1.29, 1.82) is 0 Å². The summed E-state index contributed by atoms with van der Waals surface area (Å²) in [5, 5.41) is 3.48. The van der Waals surface area contributed by atoms with Crippen LogP contribution in [-0.4, -0.2) is 27.0 Å². The number of nitrogens with one attached hydrogen (secondary N) is 1. The van der Waals surface area contributed by atoms with Crippen LogP contribution < -0.4 is 5.32 Å². The second-order valence-electron chi connectivity index (χ2n) is 4.06. The van der Waals surface area contributed by atoms with Gasteiger partial charge >= 0.3 is 0 Å². The molecule has 1 fully saturated rings. The van der Waals surface area contributed by atoms with Crippen LogP contribution in [-0.2, 0) is 6.42 Å². The molecule has 0 saturated carbocycles. The van der Waals surface area contributed by atoms with Gasteiger partial charge < -0.3 is 5.32 Å². The van der Waals surface area contributed by atoms with Crippen LogP contribution in [0.15, 0.2) is 24.7 Å². The average molecular weight is 202 g/mol. The van der Waals surface area contributed by atoms with Crippen LogP contribution in [0.2, 0.25) is 0 Å². The third-order valence-corrected chi connectivity index (χ3v) is 2.90. The highest BCUT2D eigenvalue weighted by atomic mass is 15.1. The van der Waals surface area contributed by atoms with Gasteiger partial charge in [0.05, 0.1) is 5.69 Å². The molecule has 3 heterocycles. The molecule has 0 amide bonds. The van der Waals surface area contributed by atoms with E-state index in [1.165, 1.54) is 12.8 Å². The summed E-state index contributed by atoms with van der Waals surface area (Å²) in [6.45, 7) is 1.15. The molecular formula is C11H14N4. The minimum absolute atomic E-state index is 0.606. The zero-order valence-electron chi connectivity index (χ0n) is 8.56. The van der Waals surface area contributed by atoms with E-state index in [0.29, 0.717) is 6.04 Å². The zero-order chi connectivity index (χ0) is 10.1. The largest absolute Gasteiger partial charge is 0.314 e. The predicted octanol–water partition coefficient (Wildman–Crippen LogP) is 1.02. The molecule has 1 aliphatic rings. The number of imidazole rings is 1. The Morgan fingerprint density at radius 1 is 1.53 bits per heavy atom. The van der Waals surface area contributed by atoms with Gasteiger partial charge in [0, 0.05) is 31.1 Å². The van der Waals surface area contributed by atoms with Crippen molar-refractivity contribution in [2.75, 3.05) is 6.54 Å². The van der Waals surface area contributed by atoms with E-state index >= 15 is 0 Å². The molecule has 4 nitrogen and oxygen atoms in total. The summed E-state index contributed by atoms with van der Waals surface area (Å²) in [5.74, 6) is 0.797. The molecule has 0 aromatic carbocycles. The number of aromatic nitrogens is 3. The molecule has 1 aliphatic heterocycles. The Morgan fingerprint density at radius 2 is 2.53 bits per heavy atom. The normalized spacial score (nSPS) is 21.2. The van der Waals surface area contributed by atoms with Gasteiger partial charge in [0.25, 0.3) is 0 Å². The zero-order valence-corrected chi connectivity index (χ0v) is 8.56. The number of hydrogen-bond acceptors (Lipinski definition) is 3. The monoisotopic (exact) mass is 202 g/mol. The predicted molar refractivity (Wildman–Crippen MR) is 57.7 cm³/mol. The van der Waals surface area contributed by atoms with E-state index in [1.807, 2.05) is 16.7 Å². The van der Waals surface area contributed by atoms with Crippen molar-refractivity contribution in [2.24, 2.45) is 0 Å². The van der Waals surface area contributed by atoms with Crippen molar-refractivity contribution < 1.29 is 0 Å². The summed E-state index contributed by atoms with van der Waals surface area (Å²) in [4.78, 5) is 8.70. The topological polar surface area (TPSA) is 42.2 Å². The third kappa shape index (κ3) is 1.72. The number of hydrogen-bond donors (Lipinski definition) is 1. The van der Waals surface area contributed by atoms with Gasteiger partial charge in [0.15, 0.2) is 0 Å². The van der Waals surface area contributed by atoms with Gasteiger partial charge in [-0.15, -0.1) is 0 Å². The summed E-state index contributed by atoms with van der Waals surface area (Å²) < 4.78 is 1.98. The van der Waals surface area contributed by atoms with E-state index in [-0.39, 0.29) is 0 Å². The maximum atomic E-state index is 4.49. The third-order valence-electron chi connectivity index (χ3n) is 2.90. The highest BCUT2D eigenvalue weighted by Gasteiger charge is 2.15. The second kappa shape index (κ2) is 3.62. The van der Waals surface area contributed by atoms with Crippen molar-refractivity contribution >= 4 is 5.78 Å². The number of nitrogens with zero attached hydrogens (tertiary/aromatic N) is 3. The van der Waals surface area contributed by atoms with Crippen LogP contribution in [0.3, 0.4) is 0 Å². The standard InChI is InChI=1S/C11H14N4/c1-3-9(12-4-1)7-10-8-15-6-2-5-13-11(15)14-10/h2,5-6,8-9,12H,1,3-4,7H2. The molecule has 15 heavy (non-hydrogen) atoms. The lowest BCUT2D eigenvalue weighted by molar-refractivity contribution is 0.597. The number of fused-ring (bicyclic) bond motifs is 1. The molecule has 0 spiro atoms. The van der Waals surface area contributed by atoms with E-state index in [4.69, 9.17) is 0 Å². The molecule has 0 radical (unpaired) electrons. The van der Waals surface area contributed by atoms with Crippen LogP contribution >= 0.6 is 0 Å². The molecule has 2 aromatic heterocycles. The molecule has 78 valence electrons. The molecule has 0 bridgehead atoms. The van der Waals surface area contributed by atoms with Crippen molar-refractivity contribution in [3.05, 3.63) is 30.4 Å². The van der Waals surface area contributed by atoms with Gasteiger partial charge in [0.2, 0.25) is 5.78 Å². The van der Waals surface area contributed by atoms with Gasteiger partial charge in [-0.05, 0) is 25.5 Å². The van der Waals surface area contributed by atoms with Crippen LogP contribution in [0.25, 0.3) is 5.78 Å². The minimum Gasteiger partial charge on any atom is -0.314 e. The minimum atomic E-state index is 0.606. The fourth-order valence-corrected chi connectivity index (χ4v) is 2.16. The molecular weight excluding hydrogens is 188 g/mol. The Hall–Kier alpha value is -1.42. The maximum Gasteiger partial charge on any atom is 0.233 e. The van der Waals surface area contributed by atoms with Crippen molar-refractivity contribution in [3.8, 4) is 0 Å². The Kier molecular flexibility index (Phi) is 2.14. The Morgan fingerprint density at radius 3 is 3.33 bits per heavy atom. The second-order valence-corrected chi connectivity index (χ2v) is 4.06. The van der Waals surface area contributed by atoms with Crippen LogP contribution in [0.4, 0.5) is 0 Å². The molecule has 4 heteroatoms. The van der Waals surface area contributed by atoms with E-state index < -0.39 is 0 Å². The van der Waals surface area contributed by atoms with E-state index in [0.717, 1.165) is 24.4 Å². The molecule has 1 atom stereocenters. The van der Waals surface area contributed by atoms with Crippen molar-refractivity contribution in [3.63, 3.8) is 0 Å². The summed E-state index contributed by atoms with van der Waals surface area (Å²) in [7, 11) is 0. The van der Waals surface area contributed by atoms with Crippen LogP contribution in [0, 0.1) is 0 Å². The molecule has 1 N–H and O–H groups in total. The Labute approximate surface area is 88.4 Å². The lowest BCUT2D eigenvalue weighted by atomic mass is 10.1. The van der Waals surface area contributed by atoms with Crippen molar-refractivity contribution in [2.45, 2.75) is 25.3 Å². The van der Waals surface area contributed by atoms with Crippen LogP contribution in [0.5, 0.6) is 0 Å². The highest BCUT2D eigenvalue weighted by Crippen LogP contribution is 2.11. The van der Waals surface area contributed by atoms with Gasteiger partial charge in [-0.1, -0.05) is 0 Å². The van der Waals surface area contributed by atoms with E-state index in [1.54, 1.807) is 6.20 Å². The summed E-state index contributed by atoms with van der Waals surface area (Å²) in [5.41, 5.74) is 1.13. The van der Waals surface area contributed by atoms with Crippen LogP contribution in [0.1, 0.15) is 18.5 Å². The maximum absolute atomic E-state index is 4.49. The van der Waals surface area contributed by atoms with Gasteiger partial charge in [-0.25, -0.2) is 9.97 Å². The van der Waals surface area contributed by atoms with Gasteiger partial charge in [0.1, 0.15) is 0 Å². The first-order valence-electron chi connectivity index (χ1n) is 5.44. The van der Waals surface area contributed by atoms with Gasteiger partial charge in [-0.3, -0.25) is 4.40 Å². The average Bonchev–Trinajstić information content (AvgIpc) is 2.86. The first kappa shape index (κ1) is 8.85. The van der Waals surface area contributed by atoms with Gasteiger partial charge in [-0.2, -0.15) is 0 Å². The SMILES string of the molecule is c1cnc2nc(CC3CCCN3)cn2c1. The summed E-state index contributed by atoms with van der Waals surface area (Å²) in [6.07, 6.45) is 9.41. The molecule has 1 saturated heterocycles. The van der Waals surface area contributed by atoms with E-state index in [2.05, 4.69) is 21.5 Å². The summed E-state index contributed by atoms with van der Waals surface area (Å²) in [6, 6.07) is 2.53. The molecule has 0 aliphatic carbocycles. The lowest BCUT2D eigenvalue weighted by Crippen LogP contribution is -2.23. The Bertz CT molecular complexity index is 423. The van der Waals surface area contributed by atoms with Crippen molar-refractivity contribution in [1.82, 2.24) is 19.7 Å². The molecule has 1 unspecified atom stereocenters.